The topological polar surface area (TPSA) is 55.7 Å². The third-order valence-corrected chi connectivity index (χ3v) is 8.76. The van der Waals surface area contributed by atoms with Gasteiger partial charge in [-0.1, -0.05) is 24.3 Å². The summed E-state index contributed by atoms with van der Waals surface area (Å²) >= 11 is 1.90. The lowest BCUT2D eigenvalue weighted by Crippen LogP contribution is -2.41. The summed E-state index contributed by atoms with van der Waals surface area (Å²) in [5.41, 5.74) is 5.85. The fourth-order valence-corrected chi connectivity index (χ4v) is 7.01. The van der Waals surface area contributed by atoms with Crippen LogP contribution in [-0.4, -0.2) is 29.7 Å². The highest BCUT2D eigenvalue weighted by atomic mass is 32.1. The van der Waals surface area contributed by atoms with E-state index in [1.54, 1.807) is 14.2 Å². The maximum Gasteiger partial charge on any atom is 0.318 e. The van der Waals surface area contributed by atoms with Crippen LogP contribution in [0.15, 0.2) is 66.9 Å². The molecular weight excluding hydrogens is 482 g/mol. The van der Waals surface area contributed by atoms with Gasteiger partial charge in [0.05, 0.1) is 32.5 Å². The van der Waals surface area contributed by atoms with E-state index in [4.69, 9.17) is 9.47 Å². The van der Waals surface area contributed by atoms with Crippen molar-refractivity contribution in [3.63, 3.8) is 0 Å². The Bertz CT molecular complexity index is 1440. The molecule has 6 rings (SSSR count). The average Bonchev–Trinajstić information content (AvgIpc) is 3.53. The summed E-state index contributed by atoms with van der Waals surface area (Å²) in [6.45, 7) is 0.988. The van der Waals surface area contributed by atoms with Crippen LogP contribution < -0.4 is 14.8 Å². The predicted octanol–water partition coefficient (Wildman–Crippen LogP) is 6.25. The minimum atomic E-state index is -0.255. The second-order valence-corrected chi connectivity index (χ2v) is 10.7. The van der Waals surface area contributed by atoms with Crippen LogP contribution in [0.5, 0.6) is 11.5 Å². The molecular formula is C30H31N3O3S. The van der Waals surface area contributed by atoms with Crippen molar-refractivity contribution >= 4 is 17.4 Å². The van der Waals surface area contributed by atoms with Gasteiger partial charge in [-0.05, 0) is 78.8 Å². The molecule has 7 heteroatoms. The number of aromatic nitrogens is 1. The van der Waals surface area contributed by atoms with E-state index in [0.717, 1.165) is 41.2 Å². The van der Waals surface area contributed by atoms with Gasteiger partial charge in [0.1, 0.15) is 16.5 Å². The summed E-state index contributed by atoms with van der Waals surface area (Å²) in [6, 6.07) is 19.8. The largest absolute Gasteiger partial charge is 0.497 e. The number of carbonyl (C=O) groups is 1. The lowest BCUT2D eigenvalue weighted by Gasteiger charge is -2.31. The Morgan fingerprint density at radius 3 is 2.59 bits per heavy atom. The van der Waals surface area contributed by atoms with Crippen molar-refractivity contribution in [2.75, 3.05) is 14.2 Å². The molecule has 4 aromatic rings. The Morgan fingerprint density at radius 2 is 1.76 bits per heavy atom. The van der Waals surface area contributed by atoms with Crippen LogP contribution >= 0.6 is 11.3 Å². The molecule has 1 aliphatic heterocycles. The Kier molecular flexibility index (Phi) is 6.38. The van der Waals surface area contributed by atoms with Gasteiger partial charge in [-0.15, -0.1) is 11.3 Å². The Balaban J connectivity index is 1.42. The molecule has 6 nitrogen and oxygen atoms in total. The lowest BCUT2D eigenvalue weighted by atomic mass is 9.95. The van der Waals surface area contributed by atoms with Gasteiger partial charge in [-0.3, -0.25) is 0 Å². The summed E-state index contributed by atoms with van der Waals surface area (Å²) in [5, 5.41) is 4.45. The number of nitrogens with one attached hydrogen (secondary N) is 1. The molecule has 2 amide bonds. The van der Waals surface area contributed by atoms with Gasteiger partial charge < -0.3 is 24.3 Å². The molecule has 1 aliphatic carbocycles. The van der Waals surface area contributed by atoms with Crippen LogP contribution in [0.2, 0.25) is 0 Å². The molecule has 0 fully saturated rings. The van der Waals surface area contributed by atoms with Gasteiger partial charge in [0.15, 0.2) is 0 Å². The van der Waals surface area contributed by atoms with Crippen LogP contribution in [0.4, 0.5) is 4.79 Å². The van der Waals surface area contributed by atoms with Crippen LogP contribution in [0.25, 0.3) is 5.00 Å². The molecule has 2 aromatic heterocycles. The smallest absolute Gasteiger partial charge is 0.318 e. The first-order chi connectivity index (χ1) is 18.2. The predicted molar refractivity (Wildman–Crippen MR) is 146 cm³/mol. The summed E-state index contributed by atoms with van der Waals surface area (Å²) in [6.07, 6.45) is 6.80. The lowest BCUT2D eigenvalue weighted by molar-refractivity contribution is 0.180. The fourth-order valence-electron chi connectivity index (χ4n) is 5.61. The summed E-state index contributed by atoms with van der Waals surface area (Å²) in [7, 11) is 3.33. The maximum absolute atomic E-state index is 14.0. The Labute approximate surface area is 221 Å². The Hall–Kier alpha value is -3.71. The summed E-state index contributed by atoms with van der Waals surface area (Å²) in [4.78, 5) is 17.5. The van der Waals surface area contributed by atoms with Crippen LogP contribution in [0, 0.1) is 0 Å². The van der Waals surface area contributed by atoms with E-state index in [2.05, 4.69) is 34.3 Å². The standard InChI is InChI=1S/C30H31N3O3S/c1-35-22-10-5-8-20(16-22)18-31-30(34)33-19-25-24-12-3-4-14-27(24)37-29(25)32-15-7-13-26(32)28(33)21-9-6-11-23(17-21)36-2/h5-11,13,15-17,28H,3-4,12,14,18-19H2,1-2H3,(H,31,34)/t28-/m0/s1. The third kappa shape index (κ3) is 4.37. The van der Waals surface area contributed by atoms with Gasteiger partial charge in [-0.2, -0.15) is 0 Å². The van der Waals surface area contributed by atoms with Crippen LogP contribution in [-0.2, 0) is 25.9 Å². The van der Waals surface area contributed by atoms with Gasteiger partial charge in [0.25, 0.3) is 0 Å². The van der Waals surface area contributed by atoms with E-state index in [9.17, 15) is 4.79 Å². The highest BCUT2D eigenvalue weighted by Crippen LogP contribution is 2.44. The average molecular weight is 514 g/mol. The molecule has 0 saturated carbocycles. The molecule has 3 heterocycles. The molecule has 0 unspecified atom stereocenters. The number of rotatable bonds is 5. The van der Waals surface area contributed by atoms with Gasteiger partial charge in [-0.25, -0.2) is 4.79 Å². The first kappa shape index (κ1) is 23.7. The number of carbonyl (C=O) groups excluding carboxylic acids is 1. The van der Waals surface area contributed by atoms with E-state index in [1.165, 1.54) is 33.8 Å². The van der Waals surface area contributed by atoms with Crippen molar-refractivity contribution in [2.24, 2.45) is 0 Å². The van der Waals surface area contributed by atoms with E-state index in [0.29, 0.717) is 13.1 Å². The second-order valence-electron chi connectivity index (χ2n) is 9.61. The number of ether oxygens (including phenoxy) is 2. The second kappa shape index (κ2) is 9.98. The minimum Gasteiger partial charge on any atom is -0.497 e. The quantitative estimate of drug-likeness (QED) is 0.343. The molecule has 2 aromatic carbocycles. The Morgan fingerprint density at radius 1 is 0.973 bits per heavy atom. The van der Waals surface area contributed by atoms with Crippen molar-refractivity contribution in [1.29, 1.82) is 0 Å². The first-order valence-electron chi connectivity index (χ1n) is 12.8. The van der Waals surface area contributed by atoms with Gasteiger partial charge in [0, 0.05) is 23.2 Å². The van der Waals surface area contributed by atoms with Crippen molar-refractivity contribution in [1.82, 2.24) is 14.8 Å². The van der Waals surface area contributed by atoms with Gasteiger partial charge >= 0.3 is 6.03 Å². The number of thiophene rings is 1. The van der Waals surface area contributed by atoms with E-state index < -0.39 is 0 Å². The zero-order valence-corrected chi connectivity index (χ0v) is 22.0. The number of fused-ring (bicyclic) bond motifs is 5. The van der Waals surface area contributed by atoms with E-state index >= 15 is 0 Å². The first-order valence-corrected chi connectivity index (χ1v) is 13.6. The molecule has 1 N–H and O–H groups in total. The normalized spacial score (nSPS) is 16.3. The SMILES string of the molecule is COc1cccc(CNC(=O)N2Cc3c(sc4c3CCCC4)-n3cccc3[C@@H]2c2cccc(OC)c2)c1. The molecule has 37 heavy (non-hydrogen) atoms. The number of benzene rings is 2. The van der Waals surface area contributed by atoms with Crippen LogP contribution in [0.3, 0.4) is 0 Å². The minimum absolute atomic E-state index is 0.0907. The molecule has 1 atom stereocenters. The number of nitrogens with zero attached hydrogens (tertiary/aromatic N) is 2. The van der Waals surface area contributed by atoms with Crippen molar-refractivity contribution in [3.05, 3.63) is 99.7 Å². The van der Waals surface area contributed by atoms with Crippen molar-refractivity contribution in [2.45, 2.75) is 44.8 Å². The number of urea groups is 1. The fraction of sp³-hybridized carbons (Fsp3) is 0.300. The molecule has 2 aliphatic rings. The number of amides is 2. The molecule has 190 valence electrons. The monoisotopic (exact) mass is 513 g/mol. The summed E-state index contributed by atoms with van der Waals surface area (Å²) < 4.78 is 13.2. The summed E-state index contributed by atoms with van der Waals surface area (Å²) in [5.74, 6) is 1.56. The van der Waals surface area contributed by atoms with Crippen LogP contribution in [0.1, 0.15) is 51.7 Å². The zero-order valence-electron chi connectivity index (χ0n) is 21.2. The highest BCUT2D eigenvalue weighted by molar-refractivity contribution is 7.15. The number of hydrogen-bond acceptors (Lipinski definition) is 4. The third-order valence-electron chi connectivity index (χ3n) is 7.43. The molecule has 0 spiro atoms. The zero-order chi connectivity index (χ0) is 25.4. The maximum atomic E-state index is 14.0. The molecule has 0 radical (unpaired) electrons. The number of aryl methyl sites for hydroxylation is 1. The van der Waals surface area contributed by atoms with Gasteiger partial charge in [0.2, 0.25) is 0 Å². The highest BCUT2D eigenvalue weighted by Gasteiger charge is 2.36. The molecule has 0 bridgehead atoms. The van der Waals surface area contributed by atoms with Crippen molar-refractivity contribution < 1.29 is 14.3 Å². The number of hydrogen-bond donors (Lipinski definition) is 1. The van der Waals surface area contributed by atoms with E-state index in [-0.39, 0.29) is 12.1 Å². The molecule has 0 saturated heterocycles. The van der Waals surface area contributed by atoms with Crippen molar-refractivity contribution in [3.8, 4) is 16.5 Å². The number of methoxy groups -OCH3 is 2. The van der Waals surface area contributed by atoms with E-state index in [1.807, 2.05) is 58.7 Å².